The molecule has 0 N–H and O–H groups in total. The van der Waals surface area contributed by atoms with Crippen molar-refractivity contribution in [3.63, 3.8) is 0 Å². The third-order valence-electron chi connectivity index (χ3n) is 1.84. The van der Waals surface area contributed by atoms with Crippen LogP contribution in [0.3, 0.4) is 0 Å². The molecule has 0 spiro atoms. The highest BCUT2D eigenvalue weighted by molar-refractivity contribution is 5.54. The molecule has 14 heavy (non-hydrogen) atoms. The smallest absolute Gasteiger partial charge is 0.0624 e. The van der Waals surface area contributed by atoms with Crippen LogP contribution in [0, 0.1) is 9.81 Å². The quantitative estimate of drug-likeness (QED) is 0.542. The van der Waals surface area contributed by atoms with Gasteiger partial charge in [-0.2, -0.15) is 0 Å². The highest BCUT2D eigenvalue weighted by Gasteiger charge is 2.02. The van der Waals surface area contributed by atoms with Crippen molar-refractivity contribution in [3.8, 4) is 0 Å². The Morgan fingerprint density at radius 3 is 1.36 bits per heavy atom. The van der Waals surface area contributed by atoms with Crippen molar-refractivity contribution < 1.29 is 0 Å². The van der Waals surface area contributed by atoms with Gasteiger partial charge in [0.05, 0.1) is 21.9 Å². The first-order valence-electron chi connectivity index (χ1n) is 3.93. The van der Waals surface area contributed by atoms with Crippen LogP contribution in [0.15, 0.2) is 34.8 Å². The lowest BCUT2D eigenvalue weighted by atomic mass is 10.3. The first kappa shape index (κ1) is 10.1. The fourth-order valence-corrected chi connectivity index (χ4v) is 0.978. The summed E-state index contributed by atoms with van der Waals surface area (Å²) < 4.78 is 0. The number of nitroso groups, excluding NO2 is 2. The number of hydrogen-bond donors (Lipinski definition) is 0. The van der Waals surface area contributed by atoms with Crippen molar-refractivity contribution in [1.82, 2.24) is 0 Å². The van der Waals surface area contributed by atoms with Gasteiger partial charge in [0.25, 0.3) is 0 Å². The second-order valence-electron chi connectivity index (χ2n) is 2.73. The van der Waals surface area contributed by atoms with Gasteiger partial charge in [0.2, 0.25) is 0 Å². The molecule has 74 valence electrons. The van der Waals surface area contributed by atoms with E-state index in [1.165, 1.54) is 10.0 Å². The summed E-state index contributed by atoms with van der Waals surface area (Å²) in [5, 5.41) is 7.86. The topological polar surface area (TPSA) is 65.3 Å². The summed E-state index contributed by atoms with van der Waals surface area (Å²) in [5.74, 6) is 0. The maximum Gasteiger partial charge on any atom is 0.0624 e. The Hall–Kier alpha value is -1.98. The molecule has 6 heteroatoms. The molecule has 0 atom stereocenters. The van der Waals surface area contributed by atoms with E-state index in [9.17, 15) is 9.81 Å². The van der Waals surface area contributed by atoms with Crippen molar-refractivity contribution in [2.45, 2.75) is 0 Å². The molecule has 0 aromatic heterocycles. The van der Waals surface area contributed by atoms with E-state index in [0.29, 0.717) is 11.4 Å². The van der Waals surface area contributed by atoms with E-state index in [4.69, 9.17) is 0 Å². The van der Waals surface area contributed by atoms with Crippen molar-refractivity contribution in [2.75, 3.05) is 24.1 Å². The number of benzene rings is 1. The molecule has 1 aromatic carbocycles. The van der Waals surface area contributed by atoms with Gasteiger partial charge in [-0.1, -0.05) is 0 Å². The molecule has 0 unspecified atom stereocenters. The van der Waals surface area contributed by atoms with E-state index in [1.54, 1.807) is 38.4 Å². The van der Waals surface area contributed by atoms with Crippen LogP contribution >= 0.6 is 0 Å². The molecule has 0 aliphatic rings. The summed E-state index contributed by atoms with van der Waals surface area (Å²) in [6, 6.07) is 6.72. The van der Waals surface area contributed by atoms with Gasteiger partial charge in [0, 0.05) is 14.1 Å². The van der Waals surface area contributed by atoms with Gasteiger partial charge >= 0.3 is 0 Å². The fourth-order valence-electron chi connectivity index (χ4n) is 0.978. The largest absolute Gasteiger partial charge is 0.232 e. The molecule has 0 heterocycles. The predicted molar refractivity (Wildman–Crippen MR) is 54.8 cm³/mol. The maximum absolute atomic E-state index is 10.2. The van der Waals surface area contributed by atoms with E-state index >= 15 is 0 Å². The van der Waals surface area contributed by atoms with Gasteiger partial charge in [-0.15, -0.1) is 9.81 Å². The minimum absolute atomic E-state index is 0.656. The predicted octanol–water partition coefficient (Wildman–Crippen LogP) is 1.92. The van der Waals surface area contributed by atoms with Crippen LogP contribution < -0.4 is 10.0 Å². The normalized spacial score (nSPS) is 9.29. The Kier molecular flexibility index (Phi) is 3.11. The van der Waals surface area contributed by atoms with Crippen LogP contribution in [-0.2, 0) is 0 Å². The SMILES string of the molecule is CN(N=O)c1ccc(N(C)N=O)cc1. The highest BCUT2D eigenvalue weighted by Crippen LogP contribution is 2.19. The number of hydrogen-bond acceptors (Lipinski definition) is 4. The van der Waals surface area contributed by atoms with Crippen LogP contribution in [0.4, 0.5) is 11.4 Å². The first-order chi connectivity index (χ1) is 6.69. The zero-order valence-electron chi connectivity index (χ0n) is 7.91. The lowest BCUT2D eigenvalue weighted by Gasteiger charge is -2.11. The van der Waals surface area contributed by atoms with E-state index in [0.717, 1.165) is 0 Å². The van der Waals surface area contributed by atoms with Gasteiger partial charge in [0.15, 0.2) is 0 Å². The van der Waals surface area contributed by atoms with Gasteiger partial charge < -0.3 is 0 Å². The lowest BCUT2D eigenvalue weighted by Crippen LogP contribution is -2.09. The van der Waals surface area contributed by atoms with E-state index in [2.05, 4.69) is 10.6 Å². The molecule has 6 nitrogen and oxygen atoms in total. The van der Waals surface area contributed by atoms with Gasteiger partial charge in [-0.25, -0.2) is 10.0 Å². The Balaban J connectivity index is 2.88. The van der Waals surface area contributed by atoms with Gasteiger partial charge in [-0.3, -0.25) is 0 Å². The summed E-state index contributed by atoms with van der Waals surface area (Å²) in [7, 11) is 3.09. The van der Waals surface area contributed by atoms with E-state index < -0.39 is 0 Å². The molecule has 0 amide bonds. The van der Waals surface area contributed by atoms with E-state index in [1.807, 2.05) is 0 Å². The molecular formula is C8H10N4O2. The van der Waals surface area contributed by atoms with Crippen molar-refractivity contribution in [3.05, 3.63) is 34.1 Å². The Morgan fingerprint density at radius 1 is 0.857 bits per heavy atom. The Bertz CT molecular complexity index is 292. The second-order valence-corrected chi connectivity index (χ2v) is 2.73. The molecule has 0 fully saturated rings. The first-order valence-corrected chi connectivity index (χ1v) is 3.93. The third-order valence-corrected chi connectivity index (χ3v) is 1.84. The molecule has 0 saturated carbocycles. The number of rotatable bonds is 4. The molecular weight excluding hydrogens is 184 g/mol. The van der Waals surface area contributed by atoms with E-state index in [-0.39, 0.29) is 0 Å². The van der Waals surface area contributed by atoms with Crippen LogP contribution in [-0.4, -0.2) is 14.1 Å². The molecule has 0 bridgehead atoms. The summed E-state index contributed by atoms with van der Waals surface area (Å²) in [6.45, 7) is 0. The van der Waals surface area contributed by atoms with Gasteiger partial charge in [-0.05, 0) is 24.3 Å². The monoisotopic (exact) mass is 194 g/mol. The summed E-state index contributed by atoms with van der Waals surface area (Å²) in [6.07, 6.45) is 0. The average molecular weight is 194 g/mol. The minimum atomic E-state index is 0.656. The molecule has 0 aliphatic carbocycles. The highest BCUT2D eigenvalue weighted by atomic mass is 16.3. The second kappa shape index (κ2) is 4.31. The lowest BCUT2D eigenvalue weighted by molar-refractivity contribution is 0.989. The van der Waals surface area contributed by atoms with Gasteiger partial charge in [0.1, 0.15) is 0 Å². The average Bonchev–Trinajstić information content (AvgIpc) is 2.27. The van der Waals surface area contributed by atoms with Crippen molar-refractivity contribution >= 4 is 11.4 Å². The minimum Gasteiger partial charge on any atom is -0.232 e. The Labute approximate surface area is 81.0 Å². The zero-order chi connectivity index (χ0) is 10.6. The number of anilines is 2. The van der Waals surface area contributed by atoms with Crippen molar-refractivity contribution in [1.29, 1.82) is 0 Å². The third kappa shape index (κ3) is 2.03. The molecule has 0 aliphatic heterocycles. The molecule has 0 saturated heterocycles. The number of nitrogens with zero attached hydrogens (tertiary/aromatic N) is 4. The Morgan fingerprint density at radius 2 is 1.14 bits per heavy atom. The zero-order valence-corrected chi connectivity index (χ0v) is 7.91. The molecule has 1 rings (SSSR count). The summed E-state index contributed by atoms with van der Waals surface area (Å²) >= 11 is 0. The summed E-state index contributed by atoms with van der Waals surface area (Å²) in [5.41, 5.74) is 1.31. The van der Waals surface area contributed by atoms with Crippen molar-refractivity contribution in [2.24, 2.45) is 10.6 Å². The summed E-state index contributed by atoms with van der Waals surface area (Å²) in [4.78, 5) is 20.4. The standard InChI is InChI=1S/C8H10N4O2/c1-11(9-13)7-3-5-8(6-4-7)12(2)10-14/h3-6H,1-2H3. The van der Waals surface area contributed by atoms with Crippen LogP contribution in [0.1, 0.15) is 0 Å². The maximum atomic E-state index is 10.2. The molecule has 0 radical (unpaired) electrons. The van der Waals surface area contributed by atoms with Crippen LogP contribution in [0.2, 0.25) is 0 Å². The van der Waals surface area contributed by atoms with Crippen LogP contribution in [0.5, 0.6) is 0 Å². The fraction of sp³-hybridized carbons (Fsp3) is 0.250. The van der Waals surface area contributed by atoms with Crippen LogP contribution in [0.25, 0.3) is 0 Å². The molecule has 1 aromatic rings.